The average Bonchev–Trinajstić information content (AvgIpc) is 2.86. The third-order valence-electron chi connectivity index (χ3n) is 5.34. The van der Waals surface area contributed by atoms with Crippen LogP contribution in [0.3, 0.4) is 0 Å². The van der Waals surface area contributed by atoms with Gasteiger partial charge in [0.25, 0.3) is 0 Å². The number of halogens is 1. The lowest BCUT2D eigenvalue weighted by Crippen LogP contribution is -2.51. The second-order valence-corrected chi connectivity index (χ2v) is 6.43. The number of rotatable bonds is 3. The Bertz CT molecular complexity index is 721. The van der Waals surface area contributed by atoms with Crippen molar-refractivity contribution < 1.29 is 9.53 Å². The van der Waals surface area contributed by atoms with Crippen LogP contribution in [-0.4, -0.2) is 24.1 Å². The first-order valence-electron chi connectivity index (χ1n) is 8.26. The molecule has 0 radical (unpaired) electrons. The number of carbonyl (C=O) groups excluding carboxylic acids is 1. The van der Waals surface area contributed by atoms with E-state index in [0.29, 0.717) is 6.61 Å². The number of aromatic amines is 1. The number of hydrogen-bond acceptors (Lipinski definition) is 3. The van der Waals surface area contributed by atoms with E-state index in [1.54, 1.807) is 0 Å². The van der Waals surface area contributed by atoms with Crippen LogP contribution in [0.25, 0.3) is 10.9 Å². The molecule has 2 N–H and O–H groups in total. The van der Waals surface area contributed by atoms with Gasteiger partial charge in [-0.25, -0.2) is 0 Å². The summed E-state index contributed by atoms with van der Waals surface area (Å²) in [6.45, 7) is 3.25. The Morgan fingerprint density at radius 2 is 2.13 bits per heavy atom. The first-order valence-corrected chi connectivity index (χ1v) is 8.26. The summed E-state index contributed by atoms with van der Waals surface area (Å²) in [4.78, 5) is 16.2. The lowest BCUT2D eigenvalue weighted by molar-refractivity contribution is -0.164. The fourth-order valence-corrected chi connectivity index (χ4v) is 4.10. The summed E-state index contributed by atoms with van der Waals surface area (Å²) in [5.41, 5.74) is 3.35. The molecule has 1 fully saturated rings. The second kappa shape index (κ2) is 6.17. The Morgan fingerprint density at radius 3 is 2.83 bits per heavy atom. The van der Waals surface area contributed by atoms with Crippen LogP contribution in [0.5, 0.6) is 0 Å². The monoisotopic (exact) mass is 334 g/mol. The van der Waals surface area contributed by atoms with Gasteiger partial charge in [-0.05, 0) is 44.4 Å². The van der Waals surface area contributed by atoms with Crippen LogP contribution >= 0.6 is 12.4 Å². The molecule has 4 nitrogen and oxygen atoms in total. The molecule has 1 unspecified atom stereocenters. The van der Waals surface area contributed by atoms with Gasteiger partial charge in [-0.2, -0.15) is 0 Å². The van der Waals surface area contributed by atoms with E-state index in [1.165, 1.54) is 22.2 Å². The van der Waals surface area contributed by atoms with Gasteiger partial charge in [0.2, 0.25) is 0 Å². The maximum absolute atomic E-state index is 12.6. The third kappa shape index (κ3) is 2.36. The molecule has 0 spiro atoms. The maximum atomic E-state index is 12.6. The first-order chi connectivity index (χ1) is 10.8. The molecule has 23 heavy (non-hydrogen) atoms. The molecule has 1 aliphatic carbocycles. The number of carbonyl (C=O) groups is 1. The fraction of sp³-hybridized carbons (Fsp3) is 0.500. The van der Waals surface area contributed by atoms with Crippen molar-refractivity contribution in [1.29, 1.82) is 0 Å². The third-order valence-corrected chi connectivity index (χ3v) is 5.34. The summed E-state index contributed by atoms with van der Waals surface area (Å²) in [7, 11) is 0. The lowest BCUT2D eigenvalue weighted by Gasteiger charge is -2.46. The van der Waals surface area contributed by atoms with Crippen LogP contribution in [0.1, 0.15) is 43.5 Å². The molecule has 2 aromatic rings. The zero-order chi connectivity index (χ0) is 15.2. The van der Waals surface area contributed by atoms with Gasteiger partial charge in [0.15, 0.2) is 0 Å². The molecule has 0 amide bonds. The molecule has 5 heteroatoms. The van der Waals surface area contributed by atoms with Crippen LogP contribution in [0.4, 0.5) is 0 Å². The largest absolute Gasteiger partial charge is 0.466 e. The molecule has 1 atom stereocenters. The van der Waals surface area contributed by atoms with Gasteiger partial charge in [-0.3, -0.25) is 4.79 Å². The zero-order valence-electron chi connectivity index (χ0n) is 13.4. The number of para-hydroxylation sites is 1. The van der Waals surface area contributed by atoms with E-state index >= 15 is 0 Å². The second-order valence-electron chi connectivity index (χ2n) is 6.43. The van der Waals surface area contributed by atoms with Crippen molar-refractivity contribution in [2.24, 2.45) is 5.41 Å². The van der Waals surface area contributed by atoms with Crippen molar-refractivity contribution in [2.75, 3.05) is 13.2 Å². The van der Waals surface area contributed by atoms with E-state index in [2.05, 4.69) is 34.6 Å². The standard InChI is InChI=1S/C18H22N2O2.ClH/c1-2-22-17(21)18(9-5-10-18)16-15-13(8-11-19-16)12-6-3-4-7-14(12)20-15;/h3-4,6-7,16,19-20H,2,5,8-11H2,1H3;1H. The fourth-order valence-electron chi connectivity index (χ4n) is 4.10. The molecular formula is C18H23ClN2O2. The molecule has 1 saturated carbocycles. The summed E-state index contributed by atoms with van der Waals surface area (Å²) in [5, 5.41) is 4.88. The molecule has 1 aliphatic heterocycles. The van der Waals surface area contributed by atoms with Crippen LogP contribution < -0.4 is 5.32 Å². The minimum atomic E-state index is -0.383. The lowest BCUT2D eigenvalue weighted by atomic mass is 9.62. The number of fused-ring (bicyclic) bond motifs is 3. The Balaban J connectivity index is 0.00000156. The minimum absolute atomic E-state index is 0. The van der Waals surface area contributed by atoms with E-state index in [4.69, 9.17) is 4.74 Å². The summed E-state index contributed by atoms with van der Waals surface area (Å²) in [6.07, 6.45) is 3.94. The normalized spacial score (nSPS) is 21.9. The molecule has 1 aromatic heterocycles. The Kier molecular flexibility index (Phi) is 4.39. The summed E-state index contributed by atoms with van der Waals surface area (Å²) in [5.74, 6) is -0.0368. The SMILES string of the molecule is CCOC(=O)C1(C2NCCc3c2[nH]c2ccccc32)CCC1.Cl. The Hall–Kier alpha value is -1.52. The van der Waals surface area contributed by atoms with Gasteiger partial charge in [-0.1, -0.05) is 24.6 Å². The topological polar surface area (TPSA) is 54.1 Å². The maximum Gasteiger partial charge on any atom is 0.314 e. The van der Waals surface area contributed by atoms with Gasteiger partial charge in [0.05, 0.1) is 18.1 Å². The molecule has 124 valence electrons. The predicted molar refractivity (Wildman–Crippen MR) is 92.9 cm³/mol. The molecular weight excluding hydrogens is 312 g/mol. The van der Waals surface area contributed by atoms with Crippen molar-refractivity contribution >= 4 is 29.3 Å². The van der Waals surface area contributed by atoms with Crippen LogP contribution in [-0.2, 0) is 16.0 Å². The van der Waals surface area contributed by atoms with Crippen LogP contribution in [0, 0.1) is 5.41 Å². The van der Waals surface area contributed by atoms with Crippen molar-refractivity contribution in [1.82, 2.24) is 10.3 Å². The summed E-state index contributed by atoms with van der Waals surface area (Å²) >= 11 is 0. The van der Waals surface area contributed by atoms with Gasteiger partial charge < -0.3 is 15.0 Å². The van der Waals surface area contributed by atoms with Gasteiger partial charge in [-0.15, -0.1) is 12.4 Å². The predicted octanol–water partition coefficient (Wildman–Crippen LogP) is 3.51. The highest BCUT2D eigenvalue weighted by Crippen LogP contribution is 2.53. The Morgan fingerprint density at radius 1 is 1.35 bits per heavy atom. The molecule has 4 rings (SSSR count). The minimum Gasteiger partial charge on any atom is -0.466 e. The number of H-pyrrole nitrogens is 1. The quantitative estimate of drug-likeness (QED) is 0.844. The zero-order valence-corrected chi connectivity index (χ0v) is 14.2. The average molecular weight is 335 g/mol. The smallest absolute Gasteiger partial charge is 0.314 e. The number of aromatic nitrogens is 1. The number of ether oxygens (including phenoxy) is 1. The molecule has 0 bridgehead atoms. The molecule has 2 heterocycles. The highest BCUT2D eigenvalue weighted by molar-refractivity contribution is 5.86. The van der Waals surface area contributed by atoms with E-state index in [1.807, 2.05) is 6.92 Å². The van der Waals surface area contributed by atoms with Gasteiger partial charge in [0.1, 0.15) is 0 Å². The highest BCUT2D eigenvalue weighted by atomic mass is 35.5. The number of benzene rings is 1. The van der Waals surface area contributed by atoms with Crippen LogP contribution in [0.2, 0.25) is 0 Å². The van der Waals surface area contributed by atoms with Gasteiger partial charge >= 0.3 is 5.97 Å². The molecule has 0 saturated heterocycles. The van der Waals surface area contributed by atoms with Crippen molar-refractivity contribution in [3.05, 3.63) is 35.5 Å². The summed E-state index contributed by atoms with van der Waals surface area (Å²) < 4.78 is 5.40. The molecule has 1 aromatic carbocycles. The number of hydrogen-bond donors (Lipinski definition) is 2. The van der Waals surface area contributed by atoms with Gasteiger partial charge in [0, 0.05) is 16.6 Å². The van der Waals surface area contributed by atoms with Crippen molar-refractivity contribution in [3.8, 4) is 0 Å². The number of nitrogens with one attached hydrogen (secondary N) is 2. The Labute approximate surface area is 142 Å². The van der Waals surface area contributed by atoms with E-state index < -0.39 is 0 Å². The first kappa shape index (κ1) is 16.3. The van der Waals surface area contributed by atoms with Crippen molar-refractivity contribution in [2.45, 2.75) is 38.6 Å². The van der Waals surface area contributed by atoms with E-state index in [-0.39, 0.29) is 29.8 Å². The summed E-state index contributed by atoms with van der Waals surface area (Å²) in [6, 6.07) is 8.47. The number of esters is 1. The van der Waals surface area contributed by atoms with E-state index in [9.17, 15) is 4.79 Å². The van der Waals surface area contributed by atoms with Crippen molar-refractivity contribution in [3.63, 3.8) is 0 Å². The van der Waals surface area contributed by atoms with E-state index in [0.717, 1.165) is 32.2 Å². The van der Waals surface area contributed by atoms with Crippen LogP contribution in [0.15, 0.2) is 24.3 Å². The highest BCUT2D eigenvalue weighted by Gasteiger charge is 2.53. The molecule has 2 aliphatic rings.